The highest BCUT2D eigenvalue weighted by Crippen LogP contribution is 2.27. The number of carbonyl (C=O) groups is 1. The second-order valence-corrected chi connectivity index (χ2v) is 5.57. The first kappa shape index (κ1) is 13.2. The second kappa shape index (κ2) is 5.70. The van der Waals surface area contributed by atoms with E-state index >= 15 is 0 Å². The summed E-state index contributed by atoms with van der Waals surface area (Å²) in [7, 11) is 0. The Morgan fingerprint density at radius 2 is 2.45 bits per heavy atom. The predicted molar refractivity (Wildman–Crippen MR) is 76.0 cm³/mol. The third-order valence-corrected chi connectivity index (χ3v) is 3.82. The number of carbonyl (C=O) groups excluding carboxylic acids is 1. The van der Waals surface area contributed by atoms with Crippen LogP contribution in [0.2, 0.25) is 0 Å². The highest BCUT2D eigenvalue weighted by Gasteiger charge is 2.23. The van der Waals surface area contributed by atoms with E-state index in [1.165, 1.54) is 5.56 Å². The molecule has 3 rings (SSSR count). The molecular formula is C13H15BrN4O2. The Morgan fingerprint density at radius 1 is 1.55 bits per heavy atom. The van der Waals surface area contributed by atoms with E-state index in [1.807, 2.05) is 12.3 Å². The zero-order chi connectivity index (χ0) is 13.9. The minimum absolute atomic E-state index is 0.00425. The molecule has 0 bridgehead atoms. The van der Waals surface area contributed by atoms with Crippen molar-refractivity contribution in [2.45, 2.75) is 31.8 Å². The largest absolute Gasteiger partial charge is 0.452 e. The van der Waals surface area contributed by atoms with Crippen molar-refractivity contribution in [2.24, 2.45) is 0 Å². The first-order valence-electron chi connectivity index (χ1n) is 6.53. The maximum absolute atomic E-state index is 11.9. The molecule has 0 fully saturated rings. The quantitative estimate of drug-likeness (QED) is 0.804. The molecule has 1 aliphatic carbocycles. The van der Waals surface area contributed by atoms with Gasteiger partial charge in [0.15, 0.2) is 4.67 Å². The van der Waals surface area contributed by atoms with Crippen molar-refractivity contribution in [2.75, 3.05) is 0 Å². The molecule has 2 amide bonds. The smallest absolute Gasteiger partial charge is 0.315 e. The Kier molecular flexibility index (Phi) is 3.77. The maximum Gasteiger partial charge on any atom is 0.315 e. The molecule has 0 saturated heterocycles. The van der Waals surface area contributed by atoms with Crippen molar-refractivity contribution in [1.82, 2.24) is 20.8 Å². The van der Waals surface area contributed by atoms with Crippen LogP contribution in [-0.2, 0) is 13.0 Å². The number of urea groups is 1. The molecule has 3 N–H and O–H groups in total. The predicted octanol–water partition coefficient (Wildman–Crippen LogP) is 2.64. The van der Waals surface area contributed by atoms with Gasteiger partial charge in [0.2, 0.25) is 0 Å². The van der Waals surface area contributed by atoms with Crippen LogP contribution >= 0.6 is 15.9 Å². The molecule has 106 valence electrons. The van der Waals surface area contributed by atoms with Gasteiger partial charge in [-0.05, 0) is 52.9 Å². The Morgan fingerprint density at radius 3 is 3.25 bits per heavy atom. The van der Waals surface area contributed by atoms with Gasteiger partial charge in [0.05, 0.1) is 24.5 Å². The van der Waals surface area contributed by atoms with E-state index in [0.717, 1.165) is 25.0 Å². The number of amides is 2. The molecule has 6 nitrogen and oxygen atoms in total. The number of rotatable bonds is 3. The van der Waals surface area contributed by atoms with Crippen LogP contribution < -0.4 is 10.6 Å². The summed E-state index contributed by atoms with van der Waals surface area (Å²) in [6.45, 7) is 0.361. The fourth-order valence-electron chi connectivity index (χ4n) is 2.43. The van der Waals surface area contributed by atoms with Crippen LogP contribution in [0.1, 0.15) is 35.9 Å². The van der Waals surface area contributed by atoms with Crippen LogP contribution in [0, 0.1) is 0 Å². The molecule has 0 unspecified atom stereocenters. The van der Waals surface area contributed by atoms with Gasteiger partial charge < -0.3 is 15.1 Å². The van der Waals surface area contributed by atoms with E-state index in [-0.39, 0.29) is 12.1 Å². The number of aromatic amines is 1. The summed E-state index contributed by atoms with van der Waals surface area (Å²) >= 11 is 3.23. The number of fused-ring (bicyclic) bond motifs is 1. The standard InChI is InChI=1S/C13H15BrN4O2/c14-11-5-4-9(20-11)7-15-13(19)17-10-3-1-2-8-6-16-18-12(8)10/h4-6,10H,1-3,7H2,(H,16,18)(H2,15,17,19)/t10-/m1/s1. The highest BCUT2D eigenvalue weighted by molar-refractivity contribution is 9.10. The summed E-state index contributed by atoms with van der Waals surface area (Å²) in [6.07, 6.45) is 4.84. The normalized spacial score (nSPS) is 17.6. The van der Waals surface area contributed by atoms with Crippen LogP contribution in [0.25, 0.3) is 0 Å². The summed E-state index contributed by atoms with van der Waals surface area (Å²) in [4.78, 5) is 11.9. The molecule has 0 saturated carbocycles. The lowest BCUT2D eigenvalue weighted by Gasteiger charge is -2.22. The number of halogens is 1. The van der Waals surface area contributed by atoms with Crippen LogP contribution in [0.4, 0.5) is 4.79 Å². The van der Waals surface area contributed by atoms with Crippen LogP contribution in [0.5, 0.6) is 0 Å². The van der Waals surface area contributed by atoms with Gasteiger partial charge in [-0.3, -0.25) is 5.10 Å². The van der Waals surface area contributed by atoms with Gasteiger partial charge in [-0.2, -0.15) is 5.10 Å². The average molecular weight is 339 g/mol. The fourth-order valence-corrected chi connectivity index (χ4v) is 2.77. The van der Waals surface area contributed by atoms with Crippen molar-refractivity contribution in [3.63, 3.8) is 0 Å². The molecule has 0 radical (unpaired) electrons. The van der Waals surface area contributed by atoms with Crippen LogP contribution in [0.3, 0.4) is 0 Å². The second-order valence-electron chi connectivity index (χ2n) is 4.79. The fraction of sp³-hybridized carbons (Fsp3) is 0.385. The van der Waals surface area contributed by atoms with Gasteiger partial charge in [0.25, 0.3) is 0 Å². The van der Waals surface area contributed by atoms with Crippen molar-refractivity contribution in [3.05, 3.63) is 40.0 Å². The zero-order valence-corrected chi connectivity index (χ0v) is 12.4. The monoisotopic (exact) mass is 338 g/mol. The minimum atomic E-state index is -0.204. The summed E-state index contributed by atoms with van der Waals surface area (Å²) in [6, 6.07) is 3.42. The van der Waals surface area contributed by atoms with Crippen molar-refractivity contribution in [1.29, 1.82) is 0 Å². The number of hydrogen-bond donors (Lipinski definition) is 3. The number of hydrogen-bond acceptors (Lipinski definition) is 3. The third kappa shape index (κ3) is 2.87. The Labute approximate surface area is 124 Å². The maximum atomic E-state index is 11.9. The van der Waals surface area contributed by atoms with E-state index in [0.29, 0.717) is 17.0 Å². The Bertz CT molecular complexity index is 607. The van der Waals surface area contributed by atoms with E-state index in [4.69, 9.17) is 4.42 Å². The van der Waals surface area contributed by atoms with Gasteiger partial charge in [-0.1, -0.05) is 0 Å². The van der Waals surface area contributed by atoms with Gasteiger partial charge >= 0.3 is 6.03 Å². The summed E-state index contributed by atoms with van der Waals surface area (Å²) < 4.78 is 5.98. The average Bonchev–Trinajstić information content (AvgIpc) is 3.05. The van der Waals surface area contributed by atoms with Crippen LogP contribution in [-0.4, -0.2) is 16.2 Å². The Hall–Kier alpha value is -1.76. The topological polar surface area (TPSA) is 82.9 Å². The molecule has 2 heterocycles. The number of H-pyrrole nitrogens is 1. The zero-order valence-electron chi connectivity index (χ0n) is 10.8. The summed E-state index contributed by atoms with van der Waals surface area (Å²) in [5.41, 5.74) is 2.21. The van der Waals surface area contributed by atoms with Gasteiger partial charge in [-0.15, -0.1) is 0 Å². The molecule has 20 heavy (non-hydrogen) atoms. The first-order valence-corrected chi connectivity index (χ1v) is 7.32. The minimum Gasteiger partial charge on any atom is -0.452 e. The molecule has 1 aliphatic rings. The van der Waals surface area contributed by atoms with E-state index in [2.05, 4.69) is 36.8 Å². The molecule has 2 aromatic heterocycles. The first-order chi connectivity index (χ1) is 9.72. The van der Waals surface area contributed by atoms with Gasteiger partial charge in [0.1, 0.15) is 5.76 Å². The van der Waals surface area contributed by atoms with Gasteiger partial charge in [-0.25, -0.2) is 4.79 Å². The van der Waals surface area contributed by atoms with Crippen molar-refractivity contribution >= 4 is 22.0 Å². The lowest BCUT2D eigenvalue weighted by atomic mass is 9.94. The SMILES string of the molecule is O=C(NCc1ccc(Br)o1)N[C@@H]1CCCc2cn[nH]c21. The molecule has 2 aromatic rings. The summed E-state index contributed by atoms with van der Waals surface area (Å²) in [5.74, 6) is 0.706. The molecule has 0 aliphatic heterocycles. The summed E-state index contributed by atoms with van der Waals surface area (Å²) in [5, 5.41) is 12.8. The molecule has 0 spiro atoms. The van der Waals surface area contributed by atoms with E-state index < -0.39 is 0 Å². The number of nitrogens with one attached hydrogen (secondary N) is 3. The highest BCUT2D eigenvalue weighted by atomic mass is 79.9. The number of furan rings is 1. The van der Waals surface area contributed by atoms with Crippen molar-refractivity contribution < 1.29 is 9.21 Å². The van der Waals surface area contributed by atoms with E-state index in [1.54, 1.807) is 6.07 Å². The van der Waals surface area contributed by atoms with Gasteiger partial charge in [0, 0.05) is 0 Å². The third-order valence-electron chi connectivity index (χ3n) is 3.40. The molecule has 1 atom stereocenters. The number of aryl methyl sites for hydroxylation is 1. The number of aromatic nitrogens is 2. The van der Waals surface area contributed by atoms with E-state index in [9.17, 15) is 4.79 Å². The lowest BCUT2D eigenvalue weighted by molar-refractivity contribution is 0.234. The number of nitrogens with zero attached hydrogens (tertiary/aromatic N) is 1. The molecule has 0 aromatic carbocycles. The van der Waals surface area contributed by atoms with Crippen molar-refractivity contribution in [3.8, 4) is 0 Å². The Balaban J connectivity index is 1.55. The lowest BCUT2D eigenvalue weighted by Crippen LogP contribution is -2.38. The molecular weight excluding hydrogens is 324 g/mol. The van der Waals surface area contributed by atoms with Crippen LogP contribution in [0.15, 0.2) is 27.4 Å². The molecule has 7 heteroatoms.